The number of aromatic nitrogens is 3. The summed E-state index contributed by atoms with van der Waals surface area (Å²) in [4.78, 5) is 15.4. The summed E-state index contributed by atoms with van der Waals surface area (Å²) in [6, 6.07) is 8.20. The lowest BCUT2D eigenvalue weighted by atomic mass is 10.2. The van der Waals surface area contributed by atoms with E-state index in [4.69, 9.17) is 0 Å². The van der Waals surface area contributed by atoms with Crippen LogP contribution in [0.2, 0.25) is 0 Å². The minimum absolute atomic E-state index is 0.160. The molecule has 0 spiro atoms. The highest BCUT2D eigenvalue weighted by Crippen LogP contribution is 2.18. The number of H-pyrrole nitrogens is 1. The van der Waals surface area contributed by atoms with Gasteiger partial charge in [0.1, 0.15) is 5.69 Å². The fraction of sp³-hybridized carbons (Fsp3) is 0.250. The monoisotopic (exact) mass is 282 g/mol. The van der Waals surface area contributed by atoms with Crippen LogP contribution in [0.3, 0.4) is 0 Å². The first kappa shape index (κ1) is 13.4. The number of nitrogens with one attached hydrogen (secondary N) is 2. The second kappa shape index (κ2) is 5.09. The van der Waals surface area contributed by atoms with E-state index in [1.807, 2.05) is 49.8 Å². The van der Waals surface area contributed by atoms with E-state index in [-0.39, 0.29) is 11.9 Å². The Labute approximate surface area is 123 Å². The molecule has 0 atom stereocenters. The van der Waals surface area contributed by atoms with Crippen LogP contribution in [-0.4, -0.2) is 20.7 Å². The van der Waals surface area contributed by atoms with E-state index in [1.54, 1.807) is 6.20 Å². The number of hydrogen-bond donors (Lipinski definition) is 2. The second-order valence-electron chi connectivity index (χ2n) is 5.53. The second-order valence-corrected chi connectivity index (χ2v) is 5.53. The number of anilines is 1. The molecule has 2 heterocycles. The number of aromatic amines is 1. The van der Waals surface area contributed by atoms with Crippen molar-refractivity contribution in [2.24, 2.45) is 0 Å². The van der Waals surface area contributed by atoms with E-state index in [0.29, 0.717) is 11.4 Å². The van der Waals surface area contributed by atoms with Crippen molar-refractivity contribution in [1.29, 1.82) is 0 Å². The van der Waals surface area contributed by atoms with Gasteiger partial charge >= 0.3 is 0 Å². The van der Waals surface area contributed by atoms with E-state index in [0.717, 1.165) is 10.9 Å². The maximum atomic E-state index is 12.3. The van der Waals surface area contributed by atoms with Crippen LogP contribution in [-0.2, 0) is 0 Å². The molecule has 1 aromatic carbocycles. The van der Waals surface area contributed by atoms with Crippen LogP contribution in [0.15, 0.2) is 36.7 Å². The zero-order valence-corrected chi connectivity index (χ0v) is 12.3. The Balaban J connectivity index is 1.82. The van der Waals surface area contributed by atoms with Gasteiger partial charge in [0, 0.05) is 23.1 Å². The van der Waals surface area contributed by atoms with E-state index in [9.17, 15) is 4.79 Å². The molecule has 2 N–H and O–H groups in total. The van der Waals surface area contributed by atoms with Gasteiger partial charge in [-0.2, -0.15) is 5.10 Å². The SMILES string of the molecule is Cc1ccc2[nH]c(C(=O)Nc3cnn(C(C)C)c3)cc2c1. The summed E-state index contributed by atoms with van der Waals surface area (Å²) < 4.78 is 1.81. The van der Waals surface area contributed by atoms with Crippen LogP contribution < -0.4 is 5.32 Å². The van der Waals surface area contributed by atoms with Gasteiger partial charge in [-0.3, -0.25) is 9.48 Å². The van der Waals surface area contributed by atoms with Crippen LogP contribution in [0.4, 0.5) is 5.69 Å². The number of fused-ring (bicyclic) bond motifs is 1. The van der Waals surface area contributed by atoms with Crippen molar-refractivity contribution in [3.63, 3.8) is 0 Å². The molecule has 3 aromatic rings. The minimum Gasteiger partial charge on any atom is -0.351 e. The van der Waals surface area contributed by atoms with E-state index >= 15 is 0 Å². The van der Waals surface area contributed by atoms with Crippen molar-refractivity contribution < 1.29 is 4.79 Å². The standard InChI is InChI=1S/C16H18N4O/c1-10(2)20-9-13(8-17-20)18-16(21)15-7-12-6-11(3)4-5-14(12)19-15/h4-10,19H,1-3H3,(H,18,21). The van der Waals surface area contributed by atoms with Crippen LogP contribution in [0.25, 0.3) is 10.9 Å². The van der Waals surface area contributed by atoms with E-state index < -0.39 is 0 Å². The van der Waals surface area contributed by atoms with Gasteiger partial charge in [-0.25, -0.2) is 0 Å². The lowest BCUT2D eigenvalue weighted by Gasteiger charge is -2.03. The van der Waals surface area contributed by atoms with Crippen molar-refractivity contribution >= 4 is 22.5 Å². The first-order valence-electron chi connectivity index (χ1n) is 6.98. The number of amides is 1. The molecule has 0 aliphatic rings. The maximum Gasteiger partial charge on any atom is 0.272 e. The lowest BCUT2D eigenvalue weighted by molar-refractivity contribution is 0.102. The highest BCUT2D eigenvalue weighted by atomic mass is 16.1. The number of carbonyl (C=O) groups is 1. The molecular weight excluding hydrogens is 264 g/mol. The predicted octanol–water partition coefficient (Wildman–Crippen LogP) is 3.51. The largest absolute Gasteiger partial charge is 0.351 e. The summed E-state index contributed by atoms with van der Waals surface area (Å²) in [6.07, 6.45) is 3.49. The number of aryl methyl sites for hydroxylation is 1. The molecule has 0 fully saturated rings. The van der Waals surface area contributed by atoms with Gasteiger partial charge in [-0.15, -0.1) is 0 Å². The fourth-order valence-electron chi connectivity index (χ4n) is 2.26. The zero-order chi connectivity index (χ0) is 15.0. The number of rotatable bonds is 3. The van der Waals surface area contributed by atoms with E-state index in [1.165, 1.54) is 5.56 Å². The molecule has 0 aliphatic carbocycles. The Morgan fingerprint density at radius 1 is 1.33 bits per heavy atom. The molecule has 108 valence electrons. The molecule has 21 heavy (non-hydrogen) atoms. The topological polar surface area (TPSA) is 62.7 Å². The summed E-state index contributed by atoms with van der Waals surface area (Å²) in [5.41, 5.74) is 3.38. The number of nitrogens with zero attached hydrogens (tertiary/aromatic N) is 2. The zero-order valence-electron chi connectivity index (χ0n) is 12.3. The number of benzene rings is 1. The molecule has 0 aliphatic heterocycles. The molecule has 5 nitrogen and oxygen atoms in total. The maximum absolute atomic E-state index is 12.3. The van der Waals surface area contributed by atoms with Gasteiger partial charge in [0.25, 0.3) is 5.91 Å². The highest BCUT2D eigenvalue weighted by Gasteiger charge is 2.11. The predicted molar refractivity (Wildman–Crippen MR) is 83.6 cm³/mol. The molecule has 0 saturated carbocycles. The van der Waals surface area contributed by atoms with E-state index in [2.05, 4.69) is 21.5 Å². The van der Waals surface area contributed by atoms with Crippen molar-refractivity contribution in [3.8, 4) is 0 Å². The van der Waals surface area contributed by atoms with Crippen LogP contribution in [0, 0.1) is 6.92 Å². The van der Waals surface area contributed by atoms with Crippen LogP contribution >= 0.6 is 0 Å². The van der Waals surface area contributed by atoms with Gasteiger partial charge in [0.05, 0.1) is 11.9 Å². The number of carbonyl (C=O) groups excluding carboxylic acids is 1. The van der Waals surface area contributed by atoms with Gasteiger partial charge < -0.3 is 10.3 Å². The Hall–Kier alpha value is -2.56. The van der Waals surface area contributed by atoms with Gasteiger partial charge in [0.15, 0.2) is 0 Å². The average molecular weight is 282 g/mol. The first-order valence-corrected chi connectivity index (χ1v) is 6.98. The van der Waals surface area contributed by atoms with Crippen molar-refractivity contribution in [2.45, 2.75) is 26.8 Å². The van der Waals surface area contributed by atoms with Crippen molar-refractivity contribution in [3.05, 3.63) is 47.9 Å². The summed E-state index contributed by atoms with van der Waals surface area (Å²) in [5, 5.41) is 8.10. The molecule has 3 rings (SSSR count). The normalized spacial score (nSPS) is 11.2. The first-order chi connectivity index (χ1) is 10.0. The third-order valence-corrected chi connectivity index (χ3v) is 3.41. The van der Waals surface area contributed by atoms with Crippen molar-refractivity contribution in [1.82, 2.24) is 14.8 Å². The van der Waals surface area contributed by atoms with Crippen LogP contribution in [0.5, 0.6) is 0 Å². The third-order valence-electron chi connectivity index (χ3n) is 3.41. The van der Waals surface area contributed by atoms with Crippen LogP contribution in [0.1, 0.15) is 35.9 Å². The highest BCUT2D eigenvalue weighted by molar-refractivity contribution is 6.05. The Morgan fingerprint density at radius 3 is 2.86 bits per heavy atom. The molecule has 0 unspecified atom stereocenters. The minimum atomic E-state index is -0.160. The molecule has 0 saturated heterocycles. The number of hydrogen-bond acceptors (Lipinski definition) is 2. The molecule has 0 bridgehead atoms. The van der Waals surface area contributed by atoms with Gasteiger partial charge in [0.2, 0.25) is 0 Å². The van der Waals surface area contributed by atoms with Gasteiger partial charge in [-0.05, 0) is 39.0 Å². The van der Waals surface area contributed by atoms with Gasteiger partial charge in [-0.1, -0.05) is 11.6 Å². The Bertz CT molecular complexity index is 798. The Morgan fingerprint density at radius 2 is 2.14 bits per heavy atom. The smallest absolute Gasteiger partial charge is 0.272 e. The summed E-state index contributed by atoms with van der Waals surface area (Å²) in [6.45, 7) is 6.11. The average Bonchev–Trinajstić information content (AvgIpc) is 3.04. The molecule has 2 aromatic heterocycles. The summed E-state index contributed by atoms with van der Waals surface area (Å²) in [7, 11) is 0. The van der Waals surface area contributed by atoms with Crippen molar-refractivity contribution in [2.75, 3.05) is 5.32 Å². The molecule has 0 radical (unpaired) electrons. The molecule has 1 amide bonds. The lowest BCUT2D eigenvalue weighted by Crippen LogP contribution is -2.11. The summed E-state index contributed by atoms with van der Waals surface area (Å²) in [5.74, 6) is -0.160. The summed E-state index contributed by atoms with van der Waals surface area (Å²) >= 11 is 0. The third kappa shape index (κ3) is 2.67. The molecular formula is C16H18N4O. The molecule has 5 heteroatoms. The quantitative estimate of drug-likeness (QED) is 0.772. The Kier molecular flexibility index (Phi) is 3.25. The fourth-order valence-corrected chi connectivity index (χ4v) is 2.26.